The van der Waals surface area contributed by atoms with E-state index in [1.807, 2.05) is 0 Å². The third kappa shape index (κ3) is 3.02. The van der Waals surface area contributed by atoms with Gasteiger partial charge in [-0.3, -0.25) is 4.79 Å². The molecule has 0 aromatic heterocycles. The monoisotopic (exact) mass is 260 g/mol. The van der Waals surface area contributed by atoms with Crippen molar-refractivity contribution in [1.29, 1.82) is 0 Å². The van der Waals surface area contributed by atoms with Crippen LogP contribution in [0.15, 0.2) is 36.9 Å². The molecule has 0 saturated carbocycles. The van der Waals surface area contributed by atoms with Crippen LogP contribution in [0.2, 0.25) is 0 Å². The molecule has 1 aromatic carbocycles. The first kappa shape index (κ1) is 13.3. The molecule has 0 amide bonds. The number of hydrogen-bond donors (Lipinski definition) is 1. The quantitative estimate of drug-likeness (QED) is 0.668. The maximum Gasteiger partial charge on any atom is 0.335 e. The van der Waals surface area contributed by atoms with E-state index in [0.29, 0.717) is 6.42 Å². The lowest BCUT2D eigenvalue weighted by Gasteiger charge is -2.27. The summed E-state index contributed by atoms with van der Waals surface area (Å²) >= 11 is 0. The predicted octanol–water partition coefficient (Wildman–Crippen LogP) is 2.75. The highest BCUT2D eigenvalue weighted by molar-refractivity contribution is 5.88. The highest BCUT2D eigenvalue weighted by Crippen LogP contribution is 2.30. The molecule has 2 rings (SSSR count). The number of hydrogen-bond acceptors (Lipinski definition) is 3. The van der Waals surface area contributed by atoms with Crippen LogP contribution >= 0.6 is 0 Å². The topological polar surface area (TPSA) is 63.6 Å². The summed E-state index contributed by atoms with van der Waals surface area (Å²) in [6.45, 7) is 3.64. The fourth-order valence-corrected chi connectivity index (χ4v) is 2.29. The van der Waals surface area contributed by atoms with Gasteiger partial charge < -0.3 is 9.84 Å². The van der Waals surface area contributed by atoms with Gasteiger partial charge in [0, 0.05) is 6.42 Å². The molecule has 4 heteroatoms. The lowest BCUT2D eigenvalue weighted by Crippen LogP contribution is -2.29. The van der Waals surface area contributed by atoms with Crippen LogP contribution in [-0.2, 0) is 9.53 Å². The van der Waals surface area contributed by atoms with Crippen molar-refractivity contribution < 1.29 is 19.4 Å². The first-order valence-corrected chi connectivity index (χ1v) is 6.26. The Labute approximate surface area is 111 Å². The summed E-state index contributed by atoms with van der Waals surface area (Å²) < 4.78 is 5.34. The number of rotatable bonds is 4. The minimum absolute atomic E-state index is 0.0699. The van der Waals surface area contributed by atoms with E-state index in [1.165, 1.54) is 12.1 Å². The van der Waals surface area contributed by atoms with Gasteiger partial charge in [-0.2, -0.15) is 0 Å². The van der Waals surface area contributed by atoms with Gasteiger partial charge in [-0.15, -0.1) is 6.58 Å². The molecular formula is C15H16O4. The number of carboxylic acid groups (broad SMARTS) is 1. The summed E-state index contributed by atoms with van der Waals surface area (Å²) in [5, 5.41) is 8.83. The molecule has 1 aliphatic rings. The van der Waals surface area contributed by atoms with E-state index in [-0.39, 0.29) is 23.6 Å². The minimum atomic E-state index is -0.969. The fraction of sp³-hybridized carbons (Fsp3) is 0.333. The molecular weight excluding hydrogens is 244 g/mol. The van der Waals surface area contributed by atoms with Crippen molar-refractivity contribution in [2.75, 3.05) is 0 Å². The van der Waals surface area contributed by atoms with E-state index in [4.69, 9.17) is 9.84 Å². The average Bonchev–Trinajstić information content (AvgIpc) is 2.39. The van der Waals surface area contributed by atoms with Crippen molar-refractivity contribution in [1.82, 2.24) is 0 Å². The lowest BCUT2D eigenvalue weighted by molar-refractivity contribution is -0.155. The summed E-state index contributed by atoms with van der Waals surface area (Å²) in [6, 6.07) is 6.40. The third-order valence-electron chi connectivity index (χ3n) is 3.33. The maximum absolute atomic E-state index is 11.9. The Balaban J connectivity index is 2.08. The Bertz CT molecular complexity index is 489. The molecule has 0 aliphatic carbocycles. The van der Waals surface area contributed by atoms with Crippen LogP contribution in [0, 0.1) is 0 Å². The van der Waals surface area contributed by atoms with E-state index in [2.05, 4.69) is 6.58 Å². The van der Waals surface area contributed by atoms with Crippen molar-refractivity contribution in [3.05, 3.63) is 48.0 Å². The van der Waals surface area contributed by atoms with Gasteiger partial charge in [0.15, 0.2) is 0 Å². The van der Waals surface area contributed by atoms with Crippen molar-refractivity contribution in [3.63, 3.8) is 0 Å². The molecule has 1 saturated heterocycles. The summed E-state index contributed by atoms with van der Waals surface area (Å²) in [4.78, 5) is 22.7. The van der Waals surface area contributed by atoms with Gasteiger partial charge >= 0.3 is 11.9 Å². The first-order chi connectivity index (χ1) is 9.11. The number of ether oxygens (including phenoxy) is 1. The fourth-order valence-electron chi connectivity index (χ4n) is 2.29. The van der Waals surface area contributed by atoms with E-state index >= 15 is 0 Å². The Kier molecular flexibility index (Phi) is 4.00. The zero-order chi connectivity index (χ0) is 13.8. The molecule has 2 atom stereocenters. The number of benzene rings is 1. The molecule has 2 unspecified atom stereocenters. The second-order valence-electron chi connectivity index (χ2n) is 4.64. The Morgan fingerprint density at radius 3 is 2.58 bits per heavy atom. The smallest absolute Gasteiger partial charge is 0.335 e. The largest absolute Gasteiger partial charge is 0.478 e. The number of aromatic carboxylic acids is 1. The number of carbonyl (C=O) groups is 2. The number of cyclic esters (lactones) is 1. The predicted molar refractivity (Wildman–Crippen MR) is 70.1 cm³/mol. The normalized spacial score (nSPS) is 22.6. The van der Waals surface area contributed by atoms with E-state index in [9.17, 15) is 9.59 Å². The molecule has 100 valence electrons. The lowest BCUT2D eigenvalue weighted by atomic mass is 9.89. The Morgan fingerprint density at radius 1 is 1.37 bits per heavy atom. The SMILES string of the molecule is C=CCC1CCC(c2ccc(C(=O)O)cc2)C(=O)O1. The average molecular weight is 260 g/mol. The standard InChI is InChI=1S/C15H16O4/c1-2-3-12-8-9-13(15(18)19-12)10-4-6-11(7-5-10)14(16)17/h2,4-7,12-13H,1,3,8-9H2,(H,16,17). The molecule has 1 heterocycles. The molecule has 1 aliphatic heterocycles. The molecule has 0 spiro atoms. The van der Waals surface area contributed by atoms with Gasteiger partial charge in [0.25, 0.3) is 0 Å². The van der Waals surface area contributed by atoms with Crippen LogP contribution in [0.25, 0.3) is 0 Å². The van der Waals surface area contributed by atoms with Crippen molar-refractivity contribution in [2.45, 2.75) is 31.3 Å². The molecule has 1 fully saturated rings. The molecule has 4 nitrogen and oxygen atoms in total. The van der Waals surface area contributed by atoms with E-state index in [1.54, 1.807) is 18.2 Å². The van der Waals surface area contributed by atoms with Crippen molar-refractivity contribution in [3.8, 4) is 0 Å². The first-order valence-electron chi connectivity index (χ1n) is 6.26. The van der Waals surface area contributed by atoms with E-state index < -0.39 is 5.97 Å². The summed E-state index contributed by atoms with van der Waals surface area (Å²) in [5.41, 5.74) is 1.03. The van der Waals surface area contributed by atoms with Crippen LogP contribution in [0.1, 0.15) is 41.1 Å². The van der Waals surface area contributed by atoms with Crippen molar-refractivity contribution in [2.24, 2.45) is 0 Å². The van der Waals surface area contributed by atoms with Crippen molar-refractivity contribution >= 4 is 11.9 Å². The highest BCUT2D eigenvalue weighted by Gasteiger charge is 2.30. The van der Waals surface area contributed by atoms with Gasteiger partial charge in [0.05, 0.1) is 11.5 Å². The molecule has 1 N–H and O–H groups in total. The zero-order valence-corrected chi connectivity index (χ0v) is 10.5. The second kappa shape index (κ2) is 5.69. The van der Waals surface area contributed by atoms with E-state index in [0.717, 1.165) is 18.4 Å². The third-order valence-corrected chi connectivity index (χ3v) is 3.33. The molecule has 19 heavy (non-hydrogen) atoms. The van der Waals surface area contributed by atoms with Crippen LogP contribution in [0.5, 0.6) is 0 Å². The Morgan fingerprint density at radius 2 is 2.05 bits per heavy atom. The summed E-state index contributed by atoms with van der Waals surface area (Å²) in [6.07, 6.45) is 3.89. The van der Waals surface area contributed by atoms with Crippen LogP contribution in [0.4, 0.5) is 0 Å². The molecule has 0 bridgehead atoms. The van der Waals surface area contributed by atoms with Crippen LogP contribution < -0.4 is 0 Å². The van der Waals surface area contributed by atoms with Gasteiger partial charge in [-0.05, 0) is 30.5 Å². The van der Waals surface area contributed by atoms with Gasteiger partial charge in [-0.25, -0.2) is 4.79 Å². The maximum atomic E-state index is 11.9. The van der Waals surface area contributed by atoms with Crippen LogP contribution in [0.3, 0.4) is 0 Å². The minimum Gasteiger partial charge on any atom is -0.478 e. The second-order valence-corrected chi connectivity index (χ2v) is 4.64. The number of carbonyl (C=O) groups excluding carboxylic acids is 1. The summed E-state index contributed by atoms with van der Waals surface area (Å²) in [7, 11) is 0. The van der Waals surface area contributed by atoms with Gasteiger partial charge in [0.1, 0.15) is 6.10 Å². The number of esters is 1. The molecule has 1 aromatic rings. The summed E-state index contributed by atoms with van der Waals surface area (Å²) in [5.74, 6) is -1.49. The highest BCUT2D eigenvalue weighted by atomic mass is 16.5. The zero-order valence-electron chi connectivity index (χ0n) is 10.5. The Hall–Kier alpha value is -2.10. The number of carboxylic acids is 1. The van der Waals surface area contributed by atoms with Crippen LogP contribution in [-0.4, -0.2) is 23.1 Å². The van der Waals surface area contributed by atoms with Gasteiger partial charge in [-0.1, -0.05) is 18.2 Å². The van der Waals surface area contributed by atoms with Gasteiger partial charge in [0.2, 0.25) is 0 Å². The molecule has 0 radical (unpaired) electrons.